The van der Waals surface area contributed by atoms with Gasteiger partial charge in [0.15, 0.2) is 0 Å². The lowest BCUT2D eigenvalue weighted by Crippen LogP contribution is -2.49. The summed E-state index contributed by atoms with van der Waals surface area (Å²) < 4.78 is 4.79. The third kappa shape index (κ3) is 5.74. The molecule has 0 saturated carbocycles. The van der Waals surface area contributed by atoms with Gasteiger partial charge in [0, 0.05) is 12.1 Å². The minimum absolute atomic E-state index is 0.160. The second-order valence-corrected chi connectivity index (χ2v) is 9.92. The molecule has 0 bridgehead atoms. The SMILES string of the molecule is CC(NC(=O)OCCC=O)[Si](C)(C)C. The van der Waals surface area contributed by atoms with Gasteiger partial charge in [-0.1, -0.05) is 19.6 Å². The fourth-order valence-corrected chi connectivity index (χ4v) is 1.19. The smallest absolute Gasteiger partial charge is 0.407 e. The largest absolute Gasteiger partial charge is 0.449 e. The maximum absolute atomic E-state index is 11.1. The zero-order chi connectivity index (χ0) is 11.2. The number of ether oxygens (including phenoxy) is 1. The van der Waals surface area contributed by atoms with Gasteiger partial charge < -0.3 is 14.8 Å². The molecule has 14 heavy (non-hydrogen) atoms. The molecular formula is C9H19NO3Si. The number of carbonyl (C=O) groups is 2. The van der Waals surface area contributed by atoms with Gasteiger partial charge in [-0.15, -0.1) is 0 Å². The van der Waals surface area contributed by atoms with Crippen LogP contribution in [0.15, 0.2) is 0 Å². The molecule has 1 N–H and O–H groups in total. The molecule has 0 rings (SSSR count). The first-order valence-electron chi connectivity index (χ1n) is 4.75. The van der Waals surface area contributed by atoms with Crippen LogP contribution in [0.4, 0.5) is 4.79 Å². The highest BCUT2D eigenvalue weighted by Gasteiger charge is 2.24. The van der Waals surface area contributed by atoms with Gasteiger partial charge in [0.25, 0.3) is 0 Å². The van der Waals surface area contributed by atoms with Crippen LogP contribution in [0.2, 0.25) is 19.6 Å². The third-order valence-electron chi connectivity index (χ3n) is 2.10. The maximum Gasteiger partial charge on any atom is 0.407 e. The van der Waals surface area contributed by atoms with Crippen molar-refractivity contribution in [3.8, 4) is 0 Å². The summed E-state index contributed by atoms with van der Waals surface area (Å²) in [7, 11) is -1.35. The highest BCUT2D eigenvalue weighted by molar-refractivity contribution is 6.77. The average Bonchev–Trinajstić information content (AvgIpc) is 2.03. The summed E-state index contributed by atoms with van der Waals surface area (Å²) in [5.74, 6) is 0. The average molecular weight is 217 g/mol. The maximum atomic E-state index is 11.1. The van der Waals surface area contributed by atoms with E-state index in [1.165, 1.54) is 0 Å². The Morgan fingerprint density at radius 3 is 2.50 bits per heavy atom. The van der Waals surface area contributed by atoms with Crippen molar-refractivity contribution in [3.63, 3.8) is 0 Å². The number of hydrogen-bond acceptors (Lipinski definition) is 3. The number of nitrogens with one attached hydrogen (secondary N) is 1. The van der Waals surface area contributed by atoms with E-state index in [0.717, 1.165) is 6.29 Å². The van der Waals surface area contributed by atoms with Gasteiger partial charge in [-0.05, 0) is 6.92 Å². The van der Waals surface area contributed by atoms with Crippen LogP contribution in [0.3, 0.4) is 0 Å². The quantitative estimate of drug-likeness (QED) is 0.432. The van der Waals surface area contributed by atoms with Crippen molar-refractivity contribution in [1.82, 2.24) is 5.32 Å². The van der Waals surface area contributed by atoms with E-state index in [1.807, 2.05) is 6.92 Å². The first-order valence-corrected chi connectivity index (χ1v) is 8.32. The highest BCUT2D eigenvalue weighted by atomic mass is 28.3. The zero-order valence-corrected chi connectivity index (χ0v) is 10.3. The standard InChI is InChI=1S/C9H19NO3Si/c1-8(14(2,3)4)10-9(12)13-7-5-6-11/h6,8H,5,7H2,1-4H3,(H,10,12). The summed E-state index contributed by atoms with van der Waals surface area (Å²) in [5, 5.41) is 2.76. The zero-order valence-electron chi connectivity index (χ0n) is 9.29. The summed E-state index contributed by atoms with van der Waals surface area (Å²) in [4.78, 5) is 21.1. The van der Waals surface area contributed by atoms with Crippen LogP contribution in [-0.2, 0) is 9.53 Å². The third-order valence-corrected chi connectivity index (χ3v) is 4.84. The van der Waals surface area contributed by atoms with Crippen molar-refractivity contribution >= 4 is 20.5 Å². The van der Waals surface area contributed by atoms with Gasteiger partial charge in [-0.25, -0.2) is 4.79 Å². The lowest BCUT2D eigenvalue weighted by molar-refractivity contribution is -0.108. The van der Waals surface area contributed by atoms with Crippen molar-refractivity contribution in [3.05, 3.63) is 0 Å². The van der Waals surface area contributed by atoms with Crippen molar-refractivity contribution in [2.24, 2.45) is 0 Å². The first-order chi connectivity index (χ1) is 6.38. The lowest BCUT2D eigenvalue weighted by atomic mass is 10.5. The molecule has 0 aromatic carbocycles. The predicted octanol–water partition coefficient (Wildman–Crippen LogP) is 1.57. The topological polar surface area (TPSA) is 55.4 Å². The van der Waals surface area contributed by atoms with Crippen LogP contribution in [0, 0.1) is 0 Å². The van der Waals surface area contributed by atoms with Crippen LogP contribution >= 0.6 is 0 Å². The summed E-state index contributed by atoms with van der Waals surface area (Å²) in [6.07, 6.45) is 0.561. The summed E-state index contributed by atoms with van der Waals surface area (Å²) in [5.41, 5.74) is 0.172. The minimum Gasteiger partial charge on any atom is -0.449 e. The molecule has 0 aliphatic carbocycles. The minimum atomic E-state index is -1.35. The molecular weight excluding hydrogens is 198 g/mol. The van der Waals surface area contributed by atoms with Gasteiger partial charge in [-0.3, -0.25) is 0 Å². The van der Waals surface area contributed by atoms with Crippen molar-refractivity contribution in [2.75, 3.05) is 6.61 Å². The molecule has 0 radical (unpaired) electrons. The lowest BCUT2D eigenvalue weighted by Gasteiger charge is -2.25. The molecule has 0 aliphatic rings. The molecule has 1 amide bonds. The Balaban J connectivity index is 3.77. The highest BCUT2D eigenvalue weighted by Crippen LogP contribution is 2.06. The summed E-state index contributed by atoms with van der Waals surface area (Å²) in [6.45, 7) is 8.65. The Morgan fingerprint density at radius 1 is 1.50 bits per heavy atom. The predicted molar refractivity (Wildman–Crippen MR) is 58.0 cm³/mol. The van der Waals surface area contributed by atoms with Crippen LogP contribution in [0.25, 0.3) is 0 Å². The van der Waals surface area contributed by atoms with E-state index in [9.17, 15) is 9.59 Å². The van der Waals surface area contributed by atoms with Crippen molar-refractivity contribution < 1.29 is 14.3 Å². The number of alkyl carbamates (subject to hydrolysis) is 1. The molecule has 5 heteroatoms. The van der Waals surface area contributed by atoms with Gasteiger partial charge in [0.2, 0.25) is 0 Å². The normalized spacial score (nSPS) is 13.1. The van der Waals surface area contributed by atoms with Gasteiger partial charge in [0.05, 0.1) is 14.7 Å². The molecule has 0 aromatic heterocycles. The summed E-state index contributed by atoms with van der Waals surface area (Å²) in [6, 6.07) is 0. The van der Waals surface area contributed by atoms with Crippen molar-refractivity contribution in [1.29, 1.82) is 0 Å². The molecule has 0 aliphatic heterocycles. The van der Waals surface area contributed by atoms with E-state index in [2.05, 4.69) is 25.0 Å². The Bertz CT molecular complexity index is 201. The van der Waals surface area contributed by atoms with E-state index in [-0.39, 0.29) is 18.7 Å². The molecule has 0 heterocycles. The van der Waals surface area contributed by atoms with Gasteiger partial charge in [0.1, 0.15) is 6.29 Å². The second kappa shape index (κ2) is 5.80. The number of amides is 1. The molecule has 82 valence electrons. The van der Waals surface area contributed by atoms with Crippen molar-refractivity contribution in [2.45, 2.75) is 38.7 Å². The monoisotopic (exact) mass is 217 g/mol. The number of hydrogen-bond donors (Lipinski definition) is 1. The molecule has 0 aromatic rings. The van der Waals surface area contributed by atoms with E-state index in [0.29, 0.717) is 0 Å². The molecule has 1 unspecified atom stereocenters. The van der Waals surface area contributed by atoms with Crippen LogP contribution in [0.5, 0.6) is 0 Å². The van der Waals surface area contributed by atoms with E-state index in [4.69, 9.17) is 4.74 Å². The Kier molecular flexibility index (Phi) is 5.45. The van der Waals surface area contributed by atoms with Crippen LogP contribution < -0.4 is 5.32 Å². The Labute approximate surface area is 86.0 Å². The Hall–Kier alpha value is -0.843. The molecule has 0 spiro atoms. The summed E-state index contributed by atoms with van der Waals surface area (Å²) >= 11 is 0. The van der Waals surface area contributed by atoms with E-state index >= 15 is 0 Å². The Morgan fingerprint density at radius 2 is 2.07 bits per heavy atom. The fourth-order valence-electron chi connectivity index (χ4n) is 0.635. The number of aldehydes is 1. The fraction of sp³-hybridized carbons (Fsp3) is 0.778. The first kappa shape index (κ1) is 13.2. The molecule has 4 nitrogen and oxygen atoms in total. The number of carbonyl (C=O) groups excluding carboxylic acids is 2. The van der Waals surface area contributed by atoms with Gasteiger partial charge in [-0.2, -0.15) is 0 Å². The van der Waals surface area contributed by atoms with Crippen LogP contribution in [-0.4, -0.2) is 32.7 Å². The van der Waals surface area contributed by atoms with E-state index in [1.54, 1.807) is 0 Å². The number of rotatable bonds is 5. The molecule has 0 saturated heterocycles. The molecule has 0 fully saturated rings. The van der Waals surface area contributed by atoms with Gasteiger partial charge >= 0.3 is 6.09 Å². The van der Waals surface area contributed by atoms with E-state index < -0.39 is 14.2 Å². The van der Waals surface area contributed by atoms with Crippen LogP contribution in [0.1, 0.15) is 13.3 Å². The second-order valence-electron chi connectivity index (χ2n) is 4.32. The molecule has 1 atom stereocenters.